The van der Waals surface area contributed by atoms with Gasteiger partial charge >= 0.3 is 0 Å². The smallest absolute Gasteiger partial charge is 0.00206 e. The molecule has 0 amide bonds. The van der Waals surface area contributed by atoms with Crippen LogP contribution >= 0.6 is 0 Å². The van der Waals surface area contributed by atoms with Crippen molar-refractivity contribution in [3.63, 3.8) is 0 Å². The van der Waals surface area contributed by atoms with Crippen LogP contribution in [0.25, 0.3) is 87.6 Å². The van der Waals surface area contributed by atoms with E-state index in [0.717, 1.165) is 0 Å². The van der Waals surface area contributed by atoms with Gasteiger partial charge in [0.15, 0.2) is 0 Å². The average molecular weight is 557 g/mol. The monoisotopic (exact) mass is 556 g/mol. The lowest BCUT2D eigenvalue weighted by Crippen LogP contribution is -1.87. The predicted octanol–water partition coefficient (Wildman–Crippen LogP) is 12.4. The third kappa shape index (κ3) is 4.07. The van der Waals surface area contributed by atoms with E-state index in [1.807, 2.05) is 0 Å². The maximum absolute atomic E-state index is 2.29. The van der Waals surface area contributed by atoms with Gasteiger partial charge in [-0.25, -0.2) is 0 Å². The summed E-state index contributed by atoms with van der Waals surface area (Å²) in [5.41, 5.74) is 9.92. The van der Waals surface area contributed by atoms with Gasteiger partial charge in [-0.05, 0) is 93.7 Å². The highest BCUT2D eigenvalue weighted by molar-refractivity contribution is 6.25. The van der Waals surface area contributed by atoms with Crippen molar-refractivity contribution in [1.29, 1.82) is 0 Å². The van der Waals surface area contributed by atoms with E-state index in [-0.39, 0.29) is 0 Å². The highest BCUT2D eigenvalue weighted by Gasteiger charge is 2.12. The third-order valence-electron chi connectivity index (χ3n) is 9.24. The summed E-state index contributed by atoms with van der Waals surface area (Å²) in [4.78, 5) is 0. The summed E-state index contributed by atoms with van der Waals surface area (Å²) < 4.78 is 0. The molecule has 0 unspecified atom stereocenters. The standard InChI is InChI=1S/C44H28/c1-2-5-39-28-40(23-18-29(39)4-1)34-14-12-32(13-15-34)30-8-10-31(11-9-30)33-16-19-35(20-17-33)41-26-24-38-22-21-36-6-3-7-37-25-27-42(41)44(38)43(36)37/h1-28H. The Balaban J connectivity index is 0.992. The Labute approximate surface area is 256 Å². The lowest BCUT2D eigenvalue weighted by atomic mass is 9.89. The Kier molecular flexibility index (Phi) is 5.61. The maximum atomic E-state index is 2.29. The van der Waals surface area contributed by atoms with Gasteiger partial charge in [0.05, 0.1) is 0 Å². The zero-order valence-electron chi connectivity index (χ0n) is 24.2. The molecule has 0 bridgehead atoms. The van der Waals surface area contributed by atoms with Crippen LogP contribution < -0.4 is 0 Å². The second-order valence-corrected chi connectivity index (χ2v) is 11.8. The van der Waals surface area contributed by atoms with E-state index in [4.69, 9.17) is 0 Å². The molecule has 0 saturated carbocycles. The maximum Gasteiger partial charge on any atom is -0.00206 e. The molecule has 9 rings (SSSR count). The van der Waals surface area contributed by atoms with Gasteiger partial charge in [-0.2, -0.15) is 0 Å². The lowest BCUT2D eigenvalue weighted by Gasteiger charge is -2.14. The molecule has 0 aromatic heterocycles. The highest BCUT2D eigenvalue weighted by Crippen LogP contribution is 2.39. The number of fused-ring (bicyclic) bond motifs is 1. The summed E-state index contributed by atoms with van der Waals surface area (Å²) in [7, 11) is 0. The minimum Gasteiger partial charge on any atom is -0.0616 e. The van der Waals surface area contributed by atoms with Crippen molar-refractivity contribution in [2.45, 2.75) is 0 Å². The minimum atomic E-state index is 1.23. The highest BCUT2D eigenvalue weighted by atomic mass is 14.2. The van der Waals surface area contributed by atoms with Crippen LogP contribution in [0.2, 0.25) is 0 Å². The van der Waals surface area contributed by atoms with Crippen LogP contribution in [0.1, 0.15) is 0 Å². The fourth-order valence-electron chi connectivity index (χ4n) is 6.91. The van der Waals surface area contributed by atoms with Crippen LogP contribution in [0.3, 0.4) is 0 Å². The van der Waals surface area contributed by atoms with Crippen molar-refractivity contribution in [3.8, 4) is 44.5 Å². The largest absolute Gasteiger partial charge is 0.0616 e. The van der Waals surface area contributed by atoms with Gasteiger partial charge in [0, 0.05) is 0 Å². The van der Waals surface area contributed by atoms with Gasteiger partial charge in [-0.15, -0.1) is 0 Å². The zero-order valence-corrected chi connectivity index (χ0v) is 24.2. The molecule has 44 heavy (non-hydrogen) atoms. The Morgan fingerprint density at radius 2 is 0.636 bits per heavy atom. The van der Waals surface area contributed by atoms with Crippen molar-refractivity contribution in [3.05, 3.63) is 170 Å². The van der Waals surface area contributed by atoms with Gasteiger partial charge < -0.3 is 0 Å². The summed E-state index contributed by atoms with van der Waals surface area (Å²) in [6.45, 7) is 0. The van der Waals surface area contributed by atoms with Crippen molar-refractivity contribution < 1.29 is 0 Å². The summed E-state index contributed by atoms with van der Waals surface area (Å²) in [5.74, 6) is 0. The van der Waals surface area contributed by atoms with Crippen LogP contribution in [-0.2, 0) is 0 Å². The van der Waals surface area contributed by atoms with Crippen molar-refractivity contribution in [2.24, 2.45) is 0 Å². The molecule has 204 valence electrons. The van der Waals surface area contributed by atoms with E-state index < -0.39 is 0 Å². The first-order chi connectivity index (χ1) is 21.8. The number of rotatable bonds is 4. The van der Waals surface area contributed by atoms with Gasteiger partial charge in [0.25, 0.3) is 0 Å². The van der Waals surface area contributed by atoms with Crippen molar-refractivity contribution in [1.82, 2.24) is 0 Å². The van der Waals surface area contributed by atoms with E-state index in [9.17, 15) is 0 Å². The fraction of sp³-hybridized carbons (Fsp3) is 0. The molecule has 0 fully saturated rings. The molecular weight excluding hydrogens is 528 g/mol. The normalized spacial score (nSPS) is 11.6. The Morgan fingerprint density at radius 3 is 1.25 bits per heavy atom. The van der Waals surface area contributed by atoms with E-state index >= 15 is 0 Å². The minimum absolute atomic E-state index is 1.23. The van der Waals surface area contributed by atoms with E-state index in [0.29, 0.717) is 0 Å². The van der Waals surface area contributed by atoms with E-state index in [1.165, 1.54) is 87.6 Å². The molecule has 9 aromatic rings. The van der Waals surface area contributed by atoms with Crippen LogP contribution in [0, 0.1) is 0 Å². The van der Waals surface area contributed by atoms with Crippen LogP contribution in [0.15, 0.2) is 170 Å². The molecule has 0 spiro atoms. The molecule has 0 aliphatic carbocycles. The summed E-state index contributed by atoms with van der Waals surface area (Å²) in [6, 6.07) is 62.3. The SMILES string of the molecule is c1ccc2cc(-c3ccc(-c4ccc(-c5ccc(-c6ccc7ccc8cccc9ccc6c7c89)cc5)cc4)cc3)ccc2c1. The molecule has 0 aliphatic heterocycles. The molecular formula is C44H28. The summed E-state index contributed by atoms with van der Waals surface area (Å²) >= 11 is 0. The number of benzene rings is 9. The summed E-state index contributed by atoms with van der Waals surface area (Å²) in [6.07, 6.45) is 0. The molecule has 0 heteroatoms. The Bertz CT molecular complexity index is 2430. The molecule has 0 nitrogen and oxygen atoms in total. The van der Waals surface area contributed by atoms with Crippen LogP contribution in [0.4, 0.5) is 0 Å². The van der Waals surface area contributed by atoms with E-state index in [2.05, 4.69) is 170 Å². The molecule has 0 atom stereocenters. The van der Waals surface area contributed by atoms with Crippen molar-refractivity contribution >= 4 is 43.1 Å². The molecule has 0 N–H and O–H groups in total. The molecule has 0 heterocycles. The van der Waals surface area contributed by atoms with Gasteiger partial charge in [-0.3, -0.25) is 0 Å². The van der Waals surface area contributed by atoms with E-state index in [1.54, 1.807) is 0 Å². The quantitative estimate of drug-likeness (QED) is 0.189. The molecule has 0 saturated heterocycles. The molecule has 0 radical (unpaired) electrons. The third-order valence-corrected chi connectivity index (χ3v) is 9.24. The Morgan fingerprint density at radius 1 is 0.227 bits per heavy atom. The first-order valence-electron chi connectivity index (χ1n) is 15.3. The van der Waals surface area contributed by atoms with Crippen LogP contribution in [-0.4, -0.2) is 0 Å². The fourth-order valence-corrected chi connectivity index (χ4v) is 6.91. The second kappa shape index (κ2) is 9.93. The van der Waals surface area contributed by atoms with Crippen LogP contribution in [0.5, 0.6) is 0 Å². The molecule has 9 aromatic carbocycles. The first kappa shape index (κ1) is 24.8. The topological polar surface area (TPSA) is 0 Å². The van der Waals surface area contributed by atoms with Gasteiger partial charge in [-0.1, -0.05) is 164 Å². The first-order valence-corrected chi connectivity index (χ1v) is 15.3. The van der Waals surface area contributed by atoms with Crippen molar-refractivity contribution in [2.75, 3.05) is 0 Å². The predicted molar refractivity (Wildman–Crippen MR) is 189 cm³/mol. The molecule has 0 aliphatic rings. The second-order valence-electron chi connectivity index (χ2n) is 11.8. The Hall–Kier alpha value is -5.72. The zero-order chi connectivity index (χ0) is 29.0. The summed E-state index contributed by atoms with van der Waals surface area (Å²) in [5, 5.41) is 10.5. The number of hydrogen-bond acceptors (Lipinski definition) is 0. The van der Waals surface area contributed by atoms with Gasteiger partial charge in [0.1, 0.15) is 0 Å². The average Bonchev–Trinajstić information content (AvgIpc) is 3.10. The van der Waals surface area contributed by atoms with Gasteiger partial charge in [0.2, 0.25) is 0 Å². The number of hydrogen-bond donors (Lipinski definition) is 0. The lowest BCUT2D eigenvalue weighted by molar-refractivity contribution is 1.58.